The molecule has 1 amide bonds. The van der Waals surface area contributed by atoms with E-state index in [0.29, 0.717) is 5.69 Å². The molecule has 102 valence electrons. The molecule has 1 unspecified atom stereocenters. The Morgan fingerprint density at radius 1 is 1.14 bits per heavy atom. The molecule has 1 aliphatic rings. The highest BCUT2D eigenvalue weighted by molar-refractivity contribution is 6.09. The Kier molecular flexibility index (Phi) is 3.25. The van der Waals surface area contributed by atoms with Gasteiger partial charge in [-0.1, -0.05) is 36.4 Å². The second-order valence-electron chi connectivity index (χ2n) is 4.65. The van der Waals surface area contributed by atoms with Gasteiger partial charge in [0.2, 0.25) is 0 Å². The van der Waals surface area contributed by atoms with Crippen LogP contribution < -0.4 is 4.90 Å². The number of hydrogen-bond acceptors (Lipinski definition) is 2. The van der Waals surface area contributed by atoms with E-state index < -0.39 is 17.8 Å². The minimum absolute atomic E-state index is 0.0390. The standard InChI is InChI=1S/C17H11FN2O/c18-15-7-3-2-6-14(15)17(21)20-13(11-19)10-9-12-5-1-4-8-16(12)20/h1-10,13H. The van der Waals surface area contributed by atoms with Crippen LogP contribution in [-0.2, 0) is 0 Å². The molecule has 0 aliphatic carbocycles. The van der Waals surface area contributed by atoms with Gasteiger partial charge < -0.3 is 0 Å². The molecule has 3 nitrogen and oxygen atoms in total. The molecule has 21 heavy (non-hydrogen) atoms. The zero-order valence-electron chi connectivity index (χ0n) is 11.0. The zero-order chi connectivity index (χ0) is 14.8. The van der Waals surface area contributed by atoms with E-state index in [-0.39, 0.29) is 5.56 Å². The molecule has 1 atom stereocenters. The van der Waals surface area contributed by atoms with Gasteiger partial charge in [0.25, 0.3) is 5.91 Å². The molecule has 2 aromatic rings. The smallest absolute Gasteiger partial charge is 0.262 e. The molecule has 2 aromatic carbocycles. The summed E-state index contributed by atoms with van der Waals surface area (Å²) in [6.07, 6.45) is 3.44. The molecule has 0 bridgehead atoms. The monoisotopic (exact) mass is 278 g/mol. The summed E-state index contributed by atoms with van der Waals surface area (Å²) in [5, 5.41) is 9.26. The molecular formula is C17H11FN2O. The first kappa shape index (κ1) is 13.1. The van der Waals surface area contributed by atoms with Gasteiger partial charge >= 0.3 is 0 Å². The number of rotatable bonds is 1. The molecule has 0 saturated heterocycles. The Morgan fingerprint density at radius 3 is 2.62 bits per heavy atom. The minimum atomic E-state index is -0.744. The molecule has 0 fully saturated rings. The third kappa shape index (κ3) is 2.19. The third-order valence-electron chi connectivity index (χ3n) is 3.39. The summed E-state index contributed by atoms with van der Waals surface area (Å²) < 4.78 is 13.9. The zero-order valence-corrected chi connectivity index (χ0v) is 11.0. The fourth-order valence-electron chi connectivity index (χ4n) is 2.38. The summed E-state index contributed by atoms with van der Waals surface area (Å²) in [5.41, 5.74) is 1.40. The van der Waals surface area contributed by atoms with Crippen molar-refractivity contribution in [2.75, 3.05) is 4.90 Å². The van der Waals surface area contributed by atoms with Crippen molar-refractivity contribution in [1.29, 1.82) is 5.26 Å². The van der Waals surface area contributed by atoms with Crippen molar-refractivity contribution in [2.24, 2.45) is 0 Å². The van der Waals surface area contributed by atoms with Gasteiger partial charge in [-0.05, 0) is 29.8 Å². The van der Waals surface area contributed by atoms with Crippen LogP contribution >= 0.6 is 0 Å². The molecule has 1 aliphatic heterocycles. The fourth-order valence-corrected chi connectivity index (χ4v) is 2.38. The molecular weight excluding hydrogens is 267 g/mol. The number of nitrogens with zero attached hydrogens (tertiary/aromatic N) is 2. The summed E-state index contributed by atoms with van der Waals surface area (Å²) in [6.45, 7) is 0. The Bertz CT molecular complexity index is 776. The number of para-hydroxylation sites is 1. The molecule has 1 heterocycles. The number of amides is 1. The molecule has 0 spiro atoms. The highest BCUT2D eigenvalue weighted by Gasteiger charge is 2.29. The van der Waals surface area contributed by atoms with Crippen molar-refractivity contribution in [1.82, 2.24) is 0 Å². The molecule has 0 aromatic heterocycles. The van der Waals surface area contributed by atoms with Crippen molar-refractivity contribution in [2.45, 2.75) is 6.04 Å². The number of nitriles is 1. The summed E-state index contributed by atoms with van der Waals surface area (Å²) in [7, 11) is 0. The molecule has 3 rings (SSSR count). The van der Waals surface area contributed by atoms with Gasteiger partial charge in [-0.3, -0.25) is 9.69 Å². The number of carbonyl (C=O) groups is 1. The van der Waals surface area contributed by atoms with Crippen molar-refractivity contribution in [3.63, 3.8) is 0 Å². The Balaban J connectivity index is 2.11. The highest BCUT2D eigenvalue weighted by Crippen LogP contribution is 2.30. The summed E-state index contributed by atoms with van der Waals surface area (Å²) >= 11 is 0. The van der Waals surface area contributed by atoms with Crippen LogP contribution in [-0.4, -0.2) is 11.9 Å². The normalized spacial score (nSPS) is 16.2. The lowest BCUT2D eigenvalue weighted by Gasteiger charge is -2.30. The lowest BCUT2D eigenvalue weighted by molar-refractivity contribution is 0.0981. The number of hydrogen-bond donors (Lipinski definition) is 0. The number of halogens is 1. The van der Waals surface area contributed by atoms with Crippen LogP contribution in [0.1, 0.15) is 15.9 Å². The predicted octanol–water partition coefficient (Wildman–Crippen LogP) is 3.39. The summed E-state index contributed by atoms with van der Waals surface area (Å²) in [4.78, 5) is 14.0. The lowest BCUT2D eigenvalue weighted by Crippen LogP contribution is -2.40. The van der Waals surface area contributed by atoms with Crippen LogP contribution in [0.3, 0.4) is 0 Å². The maximum atomic E-state index is 13.9. The van der Waals surface area contributed by atoms with Crippen LogP contribution in [0.25, 0.3) is 6.08 Å². The number of fused-ring (bicyclic) bond motifs is 1. The molecule has 0 radical (unpaired) electrons. The van der Waals surface area contributed by atoms with E-state index in [4.69, 9.17) is 0 Å². The average molecular weight is 278 g/mol. The highest BCUT2D eigenvalue weighted by atomic mass is 19.1. The maximum absolute atomic E-state index is 13.9. The van der Waals surface area contributed by atoms with E-state index in [1.54, 1.807) is 30.4 Å². The van der Waals surface area contributed by atoms with Crippen molar-refractivity contribution in [3.05, 3.63) is 71.6 Å². The predicted molar refractivity (Wildman–Crippen MR) is 78.1 cm³/mol. The van der Waals surface area contributed by atoms with Crippen LogP contribution in [0.15, 0.2) is 54.6 Å². The Hall–Kier alpha value is -2.93. The first-order valence-electron chi connectivity index (χ1n) is 6.47. The summed E-state index contributed by atoms with van der Waals surface area (Å²) in [5.74, 6) is -1.11. The topological polar surface area (TPSA) is 44.1 Å². The van der Waals surface area contributed by atoms with E-state index in [1.807, 2.05) is 12.1 Å². The van der Waals surface area contributed by atoms with Gasteiger partial charge in [-0.25, -0.2) is 4.39 Å². The van der Waals surface area contributed by atoms with Gasteiger partial charge in [0, 0.05) is 0 Å². The van der Waals surface area contributed by atoms with Gasteiger partial charge in [-0.15, -0.1) is 0 Å². The van der Waals surface area contributed by atoms with Crippen LogP contribution in [0, 0.1) is 17.1 Å². The van der Waals surface area contributed by atoms with Crippen LogP contribution in [0.5, 0.6) is 0 Å². The van der Waals surface area contributed by atoms with E-state index in [2.05, 4.69) is 6.07 Å². The van der Waals surface area contributed by atoms with Crippen molar-refractivity contribution < 1.29 is 9.18 Å². The second kappa shape index (κ2) is 5.22. The third-order valence-corrected chi connectivity index (χ3v) is 3.39. The quantitative estimate of drug-likeness (QED) is 0.802. The van der Waals surface area contributed by atoms with Gasteiger partial charge in [0.15, 0.2) is 0 Å². The SMILES string of the molecule is N#CC1C=Cc2ccccc2N1C(=O)c1ccccc1F. The van der Waals surface area contributed by atoms with Crippen LogP contribution in [0.4, 0.5) is 10.1 Å². The Labute approximate surface area is 121 Å². The van der Waals surface area contributed by atoms with E-state index in [9.17, 15) is 14.4 Å². The number of benzene rings is 2. The van der Waals surface area contributed by atoms with Crippen molar-refractivity contribution >= 4 is 17.7 Å². The first-order valence-corrected chi connectivity index (χ1v) is 6.47. The van der Waals surface area contributed by atoms with Gasteiger partial charge in [0.1, 0.15) is 11.9 Å². The largest absolute Gasteiger partial charge is 0.288 e. The Morgan fingerprint density at radius 2 is 1.86 bits per heavy atom. The molecule has 4 heteroatoms. The van der Waals surface area contributed by atoms with Gasteiger partial charge in [0.05, 0.1) is 17.3 Å². The average Bonchev–Trinajstić information content (AvgIpc) is 2.53. The van der Waals surface area contributed by atoms with Crippen LogP contribution in [0.2, 0.25) is 0 Å². The van der Waals surface area contributed by atoms with Crippen molar-refractivity contribution in [3.8, 4) is 6.07 Å². The minimum Gasteiger partial charge on any atom is -0.288 e. The van der Waals surface area contributed by atoms with Gasteiger partial charge in [-0.2, -0.15) is 5.26 Å². The van der Waals surface area contributed by atoms with E-state index in [0.717, 1.165) is 5.56 Å². The first-order chi connectivity index (χ1) is 10.2. The fraction of sp³-hybridized carbons (Fsp3) is 0.0588. The van der Waals surface area contributed by atoms with E-state index in [1.165, 1.54) is 23.1 Å². The second-order valence-corrected chi connectivity index (χ2v) is 4.65. The number of anilines is 1. The van der Waals surface area contributed by atoms with E-state index >= 15 is 0 Å². The number of carbonyl (C=O) groups excluding carboxylic acids is 1. The summed E-state index contributed by atoms with van der Waals surface area (Å²) in [6, 6.07) is 14.3. The lowest BCUT2D eigenvalue weighted by atomic mass is 10.0. The molecule has 0 N–H and O–H groups in total. The molecule has 0 saturated carbocycles. The maximum Gasteiger partial charge on any atom is 0.262 e.